The lowest BCUT2D eigenvalue weighted by atomic mass is 10.2. The first-order chi connectivity index (χ1) is 11.6. The minimum absolute atomic E-state index is 0.240. The van der Waals surface area contributed by atoms with Gasteiger partial charge >= 0.3 is 0 Å². The highest BCUT2D eigenvalue weighted by Gasteiger charge is 2.16. The van der Waals surface area contributed by atoms with Gasteiger partial charge in [0.15, 0.2) is 11.0 Å². The lowest BCUT2D eigenvalue weighted by Gasteiger charge is -2.09. The fourth-order valence-corrected chi connectivity index (χ4v) is 3.33. The average Bonchev–Trinajstić information content (AvgIpc) is 2.93. The standard InChI is InChI=1S/C17H15ClFN3OS/c1-22-16(14-9-12(18)6-7-15(14)23-2)20-21-17(22)24-10-11-4-3-5-13(19)8-11/h3-9H,10H2,1-2H3. The van der Waals surface area contributed by atoms with E-state index in [0.717, 1.165) is 16.3 Å². The fourth-order valence-electron chi connectivity index (χ4n) is 2.30. The normalized spacial score (nSPS) is 10.8. The van der Waals surface area contributed by atoms with Crippen molar-refractivity contribution in [2.75, 3.05) is 7.11 Å². The number of rotatable bonds is 5. The Labute approximate surface area is 148 Å². The van der Waals surface area contributed by atoms with Crippen LogP contribution in [0, 0.1) is 5.82 Å². The molecule has 3 rings (SSSR count). The van der Waals surface area contributed by atoms with Crippen LogP contribution in [-0.2, 0) is 12.8 Å². The van der Waals surface area contributed by atoms with Gasteiger partial charge in [0.1, 0.15) is 11.6 Å². The van der Waals surface area contributed by atoms with E-state index < -0.39 is 0 Å². The van der Waals surface area contributed by atoms with Crippen LogP contribution >= 0.6 is 23.4 Å². The maximum absolute atomic E-state index is 13.3. The van der Waals surface area contributed by atoms with Crippen LogP contribution in [0.4, 0.5) is 4.39 Å². The Hall–Kier alpha value is -2.05. The number of hydrogen-bond donors (Lipinski definition) is 0. The monoisotopic (exact) mass is 363 g/mol. The first kappa shape index (κ1) is 16.8. The van der Waals surface area contributed by atoms with Crippen LogP contribution < -0.4 is 4.74 Å². The summed E-state index contributed by atoms with van der Waals surface area (Å²) in [6.07, 6.45) is 0. The van der Waals surface area contributed by atoms with Gasteiger partial charge in [-0.2, -0.15) is 0 Å². The number of halogens is 2. The molecule has 0 saturated carbocycles. The Kier molecular flexibility index (Phi) is 5.06. The van der Waals surface area contributed by atoms with Crippen molar-refractivity contribution in [3.63, 3.8) is 0 Å². The van der Waals surface area contributed by atoms with E-state index in [9.17, 15) is 4.39 Å². The first-order valence-corrected chi connectivity index (χ1v) is 8.55. The van der Waals surface area contributed by atoms with Crippen LogP contribution in [0.15, 0.2) is 47.6 Å². The molecule has 0 unspecified atom stereocenters. The van der Waals surface area contributed by atoms with Crippen molar-refractivity contribution in [3.8, 4) is 17.1 Å². The highest BCUT2D eigenvalue weighted by molar-refractivity contribution is 7.98. The van der Waals surface area contributed by atoms with Crippen LogP contribution in [0.3, 0.4) is 0 Å². The Bertz CT molecular complexity index is 869. The van der Waals surface area contributed by atoms with E-state index >= 15 is 0 Å². The lowest BCUT2D eigenvalue weighted by Crippen LogP contribution is -1.97. The van der Waals surface area contributed by atoms with Crippen molar-refractivity contribution >= 4 is 23.4 Å². The second-order valence-corrected chi connectivity index (χ2v) is 6.51. The predicted octanol–water partition coefficient (Wildman–Crippen LogP) is 4.58. The Morgan fingerprint density at radius 3 is 2.79 bits per heavy atom. The predicted molar refractivity (Wildman–Crippen MR) is 94.0 cm³/mol. The highest BCUT2D eigenvalue weighted by atomic mass is 35.5. The zero-order valence-corrected chi connectivity index (χ0v) is 14.7. The molecule has 3 aromatic rings. The van der Waals surface area contributed by atoms with Gasteiger partial charge in [-0.1, -0.05) is 35.5 Å². The van der Waals surface area contributed by atoms with E-state index in [2.05, 4.69) is 10.2 Å². The summed E-state index contributed by atoms with van der Waals surface area (Å²) in [5.74, 6) is 1.71. The largest absolute Gasteiger partial charge is 0.496 e. The molecule has 0 N–H and O–H groups in total. The average molecular weight is 364 g/mol. The molecule has 1 heterocycles. The summed E-state index contributed by atoms with van der Waals surface area (Å²) in [4.78, 5) is 0. The zero-order valence-electron chi connectivity index (χ0n) is 13.2. The molecule has 0 amide bonds. The zero-order chi connectivity index (χ0) is 17.1. The minimum atomic E-state index is -0.240. The van der Waals surface area contributed by atoms with Crippen molar-refractivity contribution in [1.29, 1.82) is 0 Å². The number of aromatic nitrogens is 3. The van der Waals surface area contributed by atoms with E-state index in [-0.39, 0.29) is 5.82 Å². The van der Waals surface area contributed by atoms with E-state index in [1.807, 2.05) is 17.7 Å². The molecule has 7 heteroatoms. The molecule has 2 aromatic carbocycles. The molecule has 0 saturated heterocycles. The number of hydrogen-bond acceptors (Lipinski definition) is 4. The number of nitrogens with zero attached hydrogens (tertiary/aromatic N) is 3. The molecule has 0 atom stereocenters. The topological polar surface area (TPSA) is 39.9 Å². The van der Waals surface area contributed by atoms with Crippen LogP contribution in [-0.4, -0.2) is 21.9 Å². The van der Waals surface area contributed by atoms with Crippen molar-refractivity contribution < 1.29 is 9.13 Å². The van der Waals surface area contributed by atoms with E-state index in [4.69, 9.17) is 16.3 Å². The maximum atomic E-state index is 13.3. The summed E-state index contributed by atoms with van der Waals surface area (Å²) >= 11 is 7.58. The molecule has 124 valence electrons. The Balaban J connectivity index is 1.85. The number of methoxy groups -OCH3 is 1. The summed E-state index contributed by atoms with van der Waals surface area (Å²) in [5.41, 5.74) is 1.67. The van der Waals surface area contributed by atoms with Crippen LogP contribution in [0.25, 0.3) is 11.4 Å². The Morgan fingerprint density at radius 1 is 1.21 bits per heavy atom. The van der Waals surface area contributed by atoms with E-state index in [1.54, 1.807) is 31.4 Å². The molecule has 1 aromatic heterocycles. The van der Waals surface area contributed by atoms with Gasteiger partial charge in [0.2, 0.25) is 0 Å². The van der Waals surface area contributed by atoms with Gasteiger partial charge in [0.25, 0.3) is 0 Å². The summed E-state index contributed by atoms with van der Waals surface area (Å²) in [7, 11) is 3.48. The number of ether oxygens (including phenoxy) is 1. The van der Waals surface area contributed by atoms with Crippen molar-refractivity contribution in [2.24, 2.45) is 7.05 Å². The van der Waals surface area contributed by atoms with Crippen LogP contribution in [0.5, 0.6) is 5.75 Å². The van der Waals surface area contributed by atoms with Gasteiger partial charge in [-0.3, -0.25) is 0 Å². The second kappa shape index (κ2) is 7.23. The summed E-state index contributed by atoms with van der Waals surface area (Å²) < 4.78 is 20.5. The molecule has 0 aliphatic heterocycles. The number of benzene rings is 2. The van der Waals surface area contributed by atoms with E-state index in [0.29, 0.717) is 22.3 Å². The third-order valence-corrected chi connectivity index (χ3v) is 4.82. The Morgan fingerprint density at radius 2 is 2.04 bits per heavy atom. The van der Waals surface area contributed by atoms with Crippen molar-refractivity contribution in [3.05, 3.63) is 58.9 Å². The molecule has 0 bridgehead atoms. The molecular formula is C17H15ClFN3OS. The maximum Gasteiger partial charge on any atom is 0.191 e. The molecular weight excluding hydrogens is 349 g/mol. The molecule has 0 spiro atoms. The minimum Gasteiger partial charge on any atom is -0.496 e. The molecule has 4 nitrogen and oxygen atoms in total. The molecule has 0 radical (unpaired) electrons. The van der Waals surface area contributed by atoms with E-state index in [1.165, 1.54) is 23.9 Å². The summed E-state index contributed by atoms with van der Waals surface area (Å²) in [5, 5.41) is 9.80. The molecule has 24 heavy (non-hydrogen) atoms. The fraction of sp³-hybridized carbons (Fsp3) is 0.176. The van der Waals surface area contributed by atoms with Crippen LogP contribution in [0.1, 0.15) is 5.56 Å². The van der Waals surface area contributed by atoms with Gasteiger partial charge in [-0.05, 0) is 35.9 Å². The quantitative estimate of drug-likeness (QED) is 0.622. The molecule has 0 fully saturated rings. The highest BCUT2D eigenvalue weighted by Crippen LogP contribution is 2.33. The van der Waals surface area contributed by atoms with Crippen LogP contribution in [0.2, 0.25) is 5.02 Å². The summed E-state index contributed by atoms with van der Waals surface area (Å²) in [6, 6.07) is 11.9. The van der Waals surface area contributed by atoms with Gasteiger partial charge in [0.05, 0.1) is 12.7 Å². The summed E-state index contributed by atoms with van der Waals surface area (Å²) in [6.45, 7) is 0. The third kappa shape index (κ3) is 3.55. The van der Waals surface area contributed by atoms with Gasteiger partial charge in [-0.15, -0.1) is 10.2 Å². The van der Waals surface area contributed by atoms with Gasteiger partial charge in [-0.25, -0.2) is 4.39 Å². The first-order valence-electron chi connectivity index (χ1n) is 7.19. The molecule has 0 aliphatic rings. The van der Waals surface area contributed by atoms with Crippen molar-refractivity contribution in [2.45, 2.75) is 10.9 Å². The van der Waals surface area contributed by atoms with Gasteiger partial charge in [0, 0.05) is 17.8 Å². The molecule has 0 aliphatic carbocycles. The lowest BCUT2D eigenvalue weighted by molar-refractivity contribution is 0.416. The van der Waals surface area contributed by atoms with Gasteiger partial charge < -0.3 is 9.30 Å². The SMILES string of the molecule is COc1ccc(Cl)cc1-c1nnc(SCc2cccc(F)c2)n1C. The smallest absolute Gasteiger partial charge is 0.191 e. The second-order valence-electron chi connectivity index (χ2n) is 5.13. The van der Waals surface area contributed by atoms with Crippen molar-refractivity contribution in [1.82, 2.24) is 14.8 Å². The third-order valence-electron chi connectivity index (χ3n) is 3.49. The number of thioether (sulfide) groups is 1.